The van der Waals surface area contributed by atoms with Gasteiger partial charge in [0.05, 0.1) is 0 Å². The molecule has 0 atom stereocenters. The van der Waals surface area contributed by atoms with E-state index in [-0.39, 0.29) is 18.2 Å². The van der Waals surface area contributed by atoms with E-state index in [1.54, 1.807) is 0 Å². The molecule has 0 aliphatic carbocycles. The lowest BCUT2D eigenvalue weighted by molar-refractivity contribution is -0.129. The van der Waals surface area contributed by atoms with E-state index in [1.807, 2.05) is 30.3 Å². The maximum atomic E-state index is 11.7. The van der Waals surface area contributed by atoms with Crippen molar-refractivity contribution in [1.82, 2.24) is 10.6 Å². The Hall–Kier alpha value is -1.84. The lowest BCUT2D eigenvalue weighted by atomic mass is 10.1. The summed E-state index contributed by atoms with van der Waals surface area (Å²) in [5.41, 5.74) is 1.03. The third-order valence-electron chi connectivity index (χ3n) is 3.51. The van der Waals surface area contributed by atoms with Gasteiger partial charge in [-0.1, -0.05) is 69.4 Å². The Morgan fingerprint density at radius 2 is 1.50 bits per heavy atom. The minimum atomic E-state index is -0.232. The van der Waals surface area contributed by atoms with Gasteiger partial charge in [-0.3, -0.25) is 9.59 Å². The van der Waals surface area contributed by atoms with E-state index in [2.05, 4.69) is 17.6 Å². The van der Waals surface area contributed by atoms with E-state index in [0.717, 1.165) is 18.4 Å². The minimum absolute atomic E-state index is 0.0946. The summed E-state index contributed by atoms with van der Waals surface area (Å²) in [7, 11) is 0. The molecule has 0 aliphatic heterocycles. The molecule has 0 aromatic heterocycles. The van der Waals surface area contributed by atoms with Crippen LogP contribution in [0.3, 0.4) is 0 Å². The summed E-state index contributed by atoms with van der Waals surface area (Å²) >= 11 is 0. The second-order valence-corrected chi connectivity index (χ2v) is 5.56. The van der Waals surface area contributed by atoms with Crippen LogP contribution in [-0.4, -0.2) is 18.4 Å². The molecular weight excluding hydrogens is 276 g/mol. The maximum Gasteiger partial charge on any atom is 0.229 e. The van der Waals surface area contributed by atoms with Crippen molar-refractivity contribution >= 4 is 11.8 Å². The molecule has 4 nitrogen and oxygen atoms in total. The van der Waals surface area contributed by atoms with Crippen molar-refractivity contribution < 1.29 is 9.59 Å². The topological polar surface area (TPSA) is 58.2 Å². The highest BCUT2D eigenvalue weighted by Crippen LogP contribution is 2.04. The van der Waals surface area contributed by atoms with Gasteiger partial charge >= 0.3 is 0 Å². The number of hydrogen-bond acceptors (Lipinski definition) is 2. The molecule has 0 spiro atoms. The molecule has 1 rings (SSSR count). The standard InChI is InChI=1S/C18H28N2O2/c1-2-3-4-5-6-10-13-19-17(21)14-18(22)20-15-16-11-8-7-9-12-16/h7-9,11-12H,2-6,10,13-15H2,1H3,(H,19,21)(H,20,22). The lowest BCUT2D eigenvalue weighted by Gasteiger charge is -2.07. The molecule has 22 heavy (non-hydrogen) atoms. The molecule has 0 heterocycles. The molecule has 4 heteroatoms. The highest BCUT2D eigenvalue weighted by Gasteiger charge is 2.08. The summed E-state index contributed by atoms with van der Waals surface area (Å²) in [5.74, 6) is -0.427. The Bertz CT molecular complexity index is 432. The Labute approximate surface area is 133 Å². The number of hydrogen-bond donors (Lipinski definition) is 2. The number of carbonyl (C=O) groups excluding carboxylic acids is 2. The van der Waals surface area contributed by atoms with Crippen molar-refractivity contribution in [1.29, 1.82) is 0 Å². The van der Waals surface area contributed by atoms with Crippen molar-refractivity contribution in [2.45, 2.75) is 58.4 Å². The number of unbranched alkanes of at least 4 members (excludes halogenated alkanes) is 5. The van der Waals surface area contributed by atoms with Crippen LogP contribution in [0.25, 0.3) is 0 Å². The highest BCUT2D eigenvalue weighted by atomic mass is 16.2. The Morgan fingerprint density at radius 3 is 2.23 bits per heavy atom. The molecule has 2 amide bonds. The van der Waals surface area contributed by atoms with Gasteiger partial charge in [0.15, 0.2) is 0 Å². The van der Waals surface area contributed by atoms with Gasteiger partial charge < -0.3 is 10.6 Å². The smallest absolute Gasteiger partial charge is 0.229 e. The van der Waals surface area contributed by atoms with Crippen LogP contribution in [0.4, 0.5) is 0 Å². The van der Waals surface area contributed by atoms with Crippen molar-refractivity contribution in [3.8, 4) is 0 Å². The van der Waals surface area contributed by atoms with Gasteiger partial charge in [0, 0.05) is 13.1 Å². The second kappa shape index (κ2) is 11.8. The SMILES string of the molecule is CCCCCCCCNC(=O)CC(=O)NCc1ccccc1. The molecule has 0 aliphatic rings. The van der Waals surface area contributed by atoms with Crippen molar-refractivity contribution in [2.24, 2.45) is 0 Å². The van der Waals surface area contributed by atoms with Crippen LogP contribution >= 0.6 is 0 Å². The van der Waals surface area contributed by atoms with Gasteiger partial charge in [-0.15, -0.1) is 0 Å². The number of rotatable bonds is 11. The van der Waals surface area contributed by atoms with E-state index in [1.165, 1.54) is 25.7 Å². The fourth-order valence-corrected chi connectivity index (χ4v) is 2.20. The van der Waals surface area contributed by atoms with Crippen LogP contribution < -0.4 is 10.6 Å². The van der Waals surface area contributed by atoms with Gasteiger partial charge in [0.25, 0.3) is 0 Å². The van der Waals surface area contributed by atoms with Gasteiger partial charge in [-0.2, -0.15) is 0 Å². The third-order valence-corrected chi connectivity index (χ3v) is 3.51. The van der Waals surface area contributed by atoms with Crippen LogP contribution in [-0.2, 0) is 16.1 Å². The zero-order valence-electron chi connectivity index (χ0n) is 13.6. The van der Waals surface area contributed by atoms with Crippen LogP contribution in [0.1, 0.15) is 57.4 Å². The monoisotopic (exact) mass is 304 g/mol. The van der Waals surface area contributed by atoms with E-state index in [0.29, 0.717) is 13.1 Å². The largest absolute Gasteiger partial charge is 0.356 e. The first-order chi connectivity index (χ1) is 10.7. The third kappa shape index (κ3) is 9.16. The van der Waals surface area contributed by atoms with Crippen molar-refractivity contribution in [3.63, 3.8) is 0 Å². The number of benzene rings is 1. The summed E-state index contributed by atoms with van der Waals surface area (Å²) in [4.78, 5) is 23.3. The fourth-order valence-electron chi connectivity index (χ4n) is 2.20. The molecule has 1 aromatic rings. The number of amides is 2. The Balaban J connectivity index is 2.03. The number of carbonyl (C=O) groups is 2. The predicted molar refractivity (Wildman–Crippen MR) is 89.3 cm³/mol. The molecule has 2 N–H and O–H groups in total. The molecule has 0 bridgehead atoms. The Kier molecular flexibility index (Phi) is 9.75. The summed E-state index contributed by atoms with van der Waals surface area (Å²) in [5, 5.41) is 5.56. The molecule has 0 radical (unpaired) electrons. The summed E-state index contributed by atoms with van der Waals surface area (Å²) in [6, 6.07) is 9.67. The highest BCUT2D eigenvalue weighted by molar-refractivity contribution is 5.96. The molecule has 122 valence electrons. The molecule has 1 aromatic carbocycles. The zero-order chi connectivity index (χ0) is 16.0. The van der Waals surface area contributed by atoms with Crippen LogP contribution in [0.15, 0.2) is 30.3 Å². The summed E-state index contributed by atoms with van der Waals surface area (Å²) < 4.78 is 0. The first-order valence-electron chi connectivity index (χ1n) is 8.29. The molecule has 0 saturated carbocycles. The first-order valence-corrected chi connectivity index (χ1v) is 8.29. The van der Waals surface area contributed by atoms with Crippen molar-refractivity contribution in [3.05, 3.63) is 35.9 Å². The van der Waals surface area contributed by atoms with Gasteiger partial charge in [-0.05, 0) is 12.0 Å². The first kappa shape index (κ1) is 18.2. The van der Waals surface area contributed by atoms with Gasteiger partial charge in [-0.25, -0.2) is 0 Å². The van der Waals surface area contributed by atoms with Crippen LogP contribution in [0.2, 0.25) is 0 Å². The summed E-state index contributed by atoms with van der Waals surface area (Å²) in [6.45, 7) is 3.32. The normalized spacial score (nSPS) is 10.2. The number of nitrogens with one attached hydrogen (secondary N) is 2. The molecule has 0 fully saturated rings. The van der Waals surface area contributed by atoms with Crippen LogP contribution in [0, 0.1) is 0 Å². The predicted octanol–water partition coefficient (Wildman–Crippen LogP) is 3.17. The second-order valence-electron chi connectivity index (χ2n) is 5.56. The minimum Gasteiger partial charge on any atom is -0.356 e. The van der Waals surface area contributed by atoms with Crippen molar-refractivity contribution in [2.75, 3.05) is 6.54 Å². The molecular formula is C18H28N2O2. The average molecular weight is 304 g/mol. The van der Waals surface area contributed by atoms with E-state index < -0.39 is 0 Å². The lowest BCUT2D eigenvalue weighted by Crippen LogP contribution is -2.32. The van der Waals surface area contributed by atoms with Gasteiger partial charge in [0.1, 0.15) is 6.42 Å². The zero-order valence-corrected chi connectivity index (χ0v) is 13.6. The molecule has 0 saturated heterocycles. The maximum absolute atomic E-state index is 11.7. The molecule has 0 unspecified atom stereocenters. The average Bonchev–Trinajstić information content (AvgIpc) is 2.53. The van der Waals surface area contributed by atoms with Crippen LogP contribution in [0.5, 0.6) is 0 Å². The van der Waals surface area contributed by atoms with E-state index >= 15 is 0 Å². The quantitative estimate of drug-likeness (QED) is 0.487. The van der Waals surface area contributed by atoms with Gasteiger partial charge in [0.2, 0.25) is 11.8 Å². The fraction of sp³-hybridized carbons (Fsp3) is 0.556. The van der Waals surface area contributed by atoms with E-state index in [9.17, 15) is 9.59 Å². The van der Waals surface area contributed by atoms with E-state index in [4.69, 9.17) is 0 Å². The Morgan fingerprint density at radius 1 is 0.864 bits per heavy atom. The summed E-state index contributed by atoms with van der Waals surface area (Å²) in [6.07, 6.45) is 7.06.